The second-order valence-electron chi connectivity index (χ2n) is 10.8. The van der Waals surface area contributed by atoms with Crippen molar-refractivity contribution in [3.05, 3.63) is 71.4 Å². The van der Waals surface area contributed by atoms with Gasteiger partial charge >= 0.3 is 0 Å². The molecule has 0 saturated heterocycles. The molecule has 1 heterocycles. The summed E-state index contributed by atoms with van der Waals surface area (Å²) in [5, 5.41) is 1.20. The minimum atomic E-state index is -0.0109. The van der Waals surface area contributed by atoms with Crippen LogP contribution >= 0.6 is 0 Å². The van der Waals surface area contributed by atoms with Gasteiger partial charge in [0.25, 0.3) is 0 Å². The van der Waals surface area contributed by atoms with E-state index in [-0.39, 0.29) is 24.3 Å². The SMILES string of the molecule is CCCCC(CC)C(=O)N(CC(=O)N(CCc1c[nH]c2ccccc12)Cc1ccc(C)cc1)CC(C)C. The van der Waals surface area contributed by atoms with Crippen molar-refractivity contribution in [2.45, 2.75) is 73.3 Å². The summed E-state index contributed by atoms with van der Waals surface area (Å²) in [6.07, 6.45) is 6.63. The molecular weight excluding hydrogens is 458 g/mol. The third kappa shape index (κ3) is 8.21. The number of para-hydroxylation sites is 1. The van der Waals surface area contributed by atoms with E-state index in [1.54, 1.807) is 0 Å². The number of carbonyl (C=O) groups excluding carboxylic acids is 2. The minimum Gasteiger partial charge on any atom is -0.361 e. The molecule has 3 aromatic rings. The van der Waals surface area contributed by atoms with Gasteiger partial charge in [0.15, 0.2) is 0 Å². The average molecular weight is 504 g/mol. The third-order valence-corrected chi connectivity index (χ3v) is 7.14. The first-order valence-electron chi connectivity index (χ1n) is 14.0. The number of nitrogens with zero attached hydrogens (tertiary/aromatic N) is 2. The number of nitrogens with one attached hydrogen (secondary N) is 1. The van der Waals surface area contributed by atoms with Gasteiger partial charge in [0.2, 0.25) is 11.8 Å². The highest BCUT2D eigenvalue weighted by Crippen LogP contribution is 2.20. The van der Waals surface area contributed by atoms with Crippen LogP contribution in [-0.2, 0) is 22.6 Å². The van der Waals surface area contributed by atoms with Crippen LogP contribution in [0, 0.1) is 18.8 Å². The second kappa shape index (κ2) is 14.0. The van der Waals surface area contributed by atoms with E-state index < -0.39 is 0 Å². The van der Waals surface area contributed by atoms with Crippen LogP contribution in [0.4, 0.5) is 0 Å². The Morgan fingerprint density at radius 1 is 0.973 bits per heavy atom. The van der Waals surface area contributed by atoms with Gasteiger partial charge in [-0.25, -0.2) is 0 Å². The maximum absolute atomic E-state index is 13.8. The lowest BCUT2D eigenvalue weighted by atomic mass is 9.97. The molecule has 1 N–H and O–H groups in total. The Bertz CT molecular complexity index is 1130. The monoisotopic (exact) mass is 503 g/mol. The van der Waals surface area contributed by atoms with Crippen molar-refractivity contribution in [3.8, 4) is 0 Å². The number of aromatic amines is 1. The zero-order valence-electron chi connectivity index (χ0n) is 23.4. The highest BCUT2D eigenvalue weighted by molar-refractivity contribution is 5.86. The van der Waals surface area contributed by atoms with Crippen molar-refractivity contribution in [1.82, 2.24) is 14.8 Å². The molecule has 2 aromatic carbocycles. The lowest BCUT2D eigenvalue weighted by Gasteiger charge is -2.31. The molecular formula is C32H45N3O2. The van der Waals surface area contributed by atoms with Crippen molar-refractivity contribution in [2.24, 2.45) is 11.8 Å². The first kappa shape index (κ1) is 28.5. The van der Waals surface area contributed by atoms with Crippen LogP contribution in [0.5, 0.6) is 0 Å². The Kier molecular flexibility index (Phi) is 10.8. The Hall–Kier alpha value is -3.08. The molecule has 0 aliphatic heterocycles. The summed E-state index contributed by atoms with van der Waals surface area (Å²) in [6, 6.07) is 16.6. The number of amides is 2. The first-order chi connectivity index (χ1) is 17.8. The number of rotatable bonds is 14. The summed E-state index contributed by atoms with van der Waals surface area (Å²) in [5.41, 5.74) is 4.62. The zero-order chi connectivity index (χ0) is 26.8. The van der Waals surface area contributed by atoms with E-state index in [2.05, 4.69) is 76.0 Å². The maximum Gasteiger partial charge on any atom is 0.242 e. The lowest BCUT2D eigenvalue weighted by molar-refractivity contribution is -0.144. The predicted octanol–water partition coefficient (Wildman–Crippen LogP) is 6.75. The van der Waals surface area contributed by atoms with E-state index >= 15 is 0 Å². The van der Waals surface area contributed by atoms with Gasteiger partial charge in [-0.2, -0.15) is 0 Å². The normalized spacial score (nSPS) is 12.2. The molecule has 1 aromatic heterocycles. The van der Waals surface area contributed by atoms with Crippen LogP contribution in [0.3, 0.4) is 0 Å². The maximum atomic E-state index is 13.8. The summed E-state index contributed by atoms with van der Waals surface area (Å²) in [5.74, 6) is 0.435. The molecule has 5 heteroatoms. The zero-order valence-corrected chi connectivity index (χ0v) is 23.4. The van der Waals surface area contributed by atoms with Crippen LogP contribution < -0.4 is 0 Å². The number of carbonyl (C=O) groups is 2. The molecule has 0 spiro atoms. The summed E-state index contributed by atoms with van der Waals surface area (Å²) in [7, 11) is 0. The molecule has 0 aliphatic carbocycles. The fraction of sp³-hybridized carbons (Fsp3) is 0.500. The van der Waals surface area contributed by atoms with E-state index in [1.165, 1.54) is 16.5 Å². The molecule has 0 fully saturated rings. The summed E-state index contributed by atoms with van der Waals surface area (Å²) in [4.78, 5) is 34.4. The molecule has 3 rings (SSSR count). The number of H-pyrrole nitrogens is 1. The van der Waals surface area contributed by atoms with E-state index in [0.29, 0.717) is 25.6 Å². The number of hydrogen-bond acceptors (Lipinski definition) is 2. The number of fused-ring (bicyclic) bond motifs is 1. The molecule has 0 bridgehead atoms. The summed E-state index contributed by atoms with van der Waals surface area (Å²) >= 11 is 0. The van der Waals surface area contributed by atoms with Gasteiger partial charge in [0.1, 0.15) is 0 Å². The quantitative estimate of drug-likeness (QED) is 0.265. The van der Waals surface area contributed by atoms with Crippen molar-refractivity contribution < 1.29 is 9.59 Å². The number of unbranched alkanes of at least 4 members (excludes halogenated alkanes) is 1. The van der Waals surface area contributed by atoms with Gasteiger partial charge in [-0.15, -0.1) is 0 Å². The Labute approximate surface area is 223 Å². The van der Waals surface area contributed by atoms with Gasteiger partial charge in [0, 0.05) is 42.7 Å². The van der Waals surface area contributed by atoms with Crippen LogP contribution in [0.1, 0.15) is 70.1 Å². The van der Waals surface area contributed by atoms with Crippen LogP contribution in [0.25, 0.3) is 10.9 Å². The largest absolute Gasteiger partial charge is 0.361 e. The Morgan fingerprint density at radius 2 is 1.70 bits per heavy atom. The molecule has 1 unspecified atom stereocenters. The number of benzene rings is 2. The highest BCUT2D eigenvalue weighted by Gasteiger charge is 2.27. The standard InChI is InChI=1S/C32H45N3O2/c1-6-8-11-27(7-2)32(37)35(21-24(3)4)23-31(36)34(22-26-16-14-25(5)15-17-26)19-18-28-20-33-30-13-10-9-12-29(28)30/h9-10,12-17,20,24,27,33H,6-8,11,18-19,21-23H2,1-5H3. The van der Waals surface area contributed by atoms with Crippen molar-refractivity contribution in [2.75, 3.05) is 19.6 Å². The smallest absolute Gasteiger partial charge is 0.242 e. The molecule has 1 atom stereocenters. The van der Waals surface area contributed by atoms with E-state index in [9.17, 15) is 9.59 Å². The Morgan fingerprint density at radius 3 is 2.38 bits per heavy atom. The molecule has 0 radical (unpaired) electrons. The lowest BCUT2D eigenvalue weighted by Crippen LogP contribution is -2.46. The first-order valence-corrected chi connectivity index (χ1v) is 14.0. The predicted molar refractivity (Wildman–Crippen MR) is 153 cm³/mol. The van der Waals surface area contributed by atoms with Gasteiger partial charge in [-0.05, 0) is 49.3 Å². The van der Waals surface area contributed by atoms with Crippen LogP contribution in [0.2, 0.25) is 0 Å². The molecule has 200 valence electrons. The number of aryl methyl sites for hydroxylation is 1. The highest BCUT2D eigenvalue weighted by atomic mass is 16.2. The van der Waals surface area contributed by atoms with Crippen LogP contribution in [0.15, 0.2) is 54.7 Å². The summed E-state index contributed by atoms with van der Waals surface area (Å²) in [6.45, 7) is 12.4. The third-order valence-electron chi connectivity index (χ3n) is 7.14. The molecule has 2 amide bonds. The molecule has 0 aliphatic rings. The molecule has 0 saturated carbocycles. The molecule has 37 heavy (non-hydrogen) atoms. The van der Waals surface area contributed by atoms with Gasteiger partial charge in [0.05, 0.1) is 6.54 Å². The summed E-state index contributed by atoms with van der Waals surface area (Å²) < 4.78 is 0. The molecule has 5 nitrogen and oxygen atoms in total. The van der Waals surface area contributed by atoms with Crippen molar-refractivity contribution >= 4 is 22.7 Å². The minimum absolute atomic E-state index is 0.0109. The fourth-order valence-corrected chi connectivity index (χ4v) is 4.95. The van der Waals surface area contributed by atoms with Gasteiger partial charge < -0.3 is 14.8 Å². The number of aromatic nitrogens is 1. The van der Waals surface area contributed by atoms with E-state index in [4.69, 9.17) is 0 Å². The average Bonchev–Trinajstić information content (AvgIpc) is 3.30. The number of hydrogen-bond donors (Lipinski definition) is 1. The topological polar surface area (TPSA) is 56.4 Å². The van der Waals surface area contributed by atoms with Crippen molar-refractivity contribution in [1.29, 1.82) is 0 Å². The van der Waals surface area contributed by atoms with E-state index in [1.807, 2.05) is 28.1 Å². The van der Waals surface area contributed by atoms with Gasteiger partial charge in [-0.1, -0.05) is 88.6 Å². The van der Waals surface area contributed by atoms with Gasteiger partial charge in [-0.3, -0.25) is 9.59 Å². The van der Waals surface area contributed by atoms with Crippen molar-refractivity contribution in [3.63, 3.8) is 0 Å². The second-order valence-corrected chi connectivity index (χ2v) is 10.8. The van der Waals surface area contributed by atoms with E-state index in [0.717, 1.165) is 43.2 Å². The Balaban J connectivity index is 1.79. The fourth-order valence-electron chi connectivity index (χ4n) is 4.95. The van der Waals surface area contributed by atoms with Crippen LogP contribution in [-0.4, -0.2) is 46.2 Å².